The fraction of sp³-hybridized carbons (Fsp3) is 0.571. The van der Waals surface area contributed by atoms with Crippen molar-refractivity contribution < 1.29 is 6.13 Å². The number of likely N-dealkylation sites (tertiary alicyclic amines) is 1. The maximum absolute atomic E-state index is 4.45. The molecule has 1 aliphatic heterocycles. The van der Waals surface area contributed by atoms with E-state index >= 15 is 0 Å². The minimum Gasteiger partial charge on any atom is -0.346 e. The lowest BCUT2D eigenvalue weighted by Gasteiger charge is -2.34. The Morgan fingerprint density at radius 2 is 1.74 bits per heavy atom. The number of hydrogen-bond donors (Lipinski definition) is 1. The molecule has 5 nitrogen and oxygen atoms in total. The molecule has 0 bridgehead atoms. The lowest BCUT2D eigenvalue weighted by molar-refractivity contribution is 0.182. The molecule has 0 spiro atoms. The Balaban J connectivity index is 0.00000152. The number of thiophene rings is 1. The van der Waals surface area contributed by atoms with Crippen molar-refractivity contribution in [3.8, 4) is 11.3 Å². The van der Waals surface area contributed by atoms with Crippen LogP contribution in [0.2, 0.25) is 0 Å². The molecule has 0 atom stereocenters. The molecule has 190 valence electrons. The van der Waals surface area contributed by atoms with Crippen LogP contribution in [0.4, 0.5) is 4.70 Å². The summed E-state index contributed by atoms with van der Waals surface area (Å²) in [5.41, 5.74) is 8.93. The standard InChI is InChI=1S/C28H37N5S.FH.H2/c1-16(2)23-24-19(5)26(20-8-10-21(11-9-20)32-12-6-7-13-32)34-28(24)31-25(23)22-14-33-27(29-15-30-33)18(4)17(22)3;;/h14-16,20-21,31H,6-13H2,1-5H3;2*1H. The van der Waals surface area contributed by atoms with Crippen molar-refractivity contribution in [2.75, 3.05) is 13.1 Å². The van der Waals surface area contributed by atoms with Gasteiger partial charge in [0.15, 0.2) is 5.65 Å². The van der Waals surface area contributed by atoms with Crippen molar-refractivity contribution >= 4 is 27.2 Å². The van der Waals surface area contributed by atoms with E-state index in [1.807, 2.05) is 15.9 Å². The number of nitrogens with one attached hydrogen (secondary N) is 1. The smallest absolute Gasteiger partial charge is 0.158 e. The molecule has 4 aromatic rings. The molecule has 4 aromatic heterocycles. The van der Waals surface area contributed by atoms with Crippen LogP contribution in [0.1, 0.15) is 92.8 Å². The highest BCUT2D eigenvalue weighted by atomic mass is 32.1. The zero-order valence-corrected chi connectivity index (χ0v) is 22.5. The minimum atomic E-state index is 0. The molecule has 5 heterocycles. The summed E-state index contributed by atoms with van der Waals surface area (Å²) in [5.74, 6) is 1.17. The molecule has 1 N–H and O–H groups in total. The van der Waals surface area contributed by atoms with Gasteiger partial charge in [-0.05, 0) is 106 Å². The Hall–Kier alpha value is -2.25. The molecule has 1 aliphatic carbocycles. The topological polar surface area (TPSA) is 49.2 Å². The number of pyridine rings is 1. The van der Waals surface area contributed by atoms with Gasteiger partial charge in [0.2, 0.25) is 0 Å². The van der Waals surface area contributed by atoms with Crippen molar-refractivity contribution in [1.29, 1.82) is 0 Å². The van der Waals surface area contributed by atoms with E-state index in [1.54, 1.807) is 11.2 Å². The van der Waals surface area contributed by atoms with Crippen molar-refractivity contribution in [2.24, 2.45) is 0 Å². The molecule has 1 saturated carbocycles. The number of nitrogens with zero attached hydrogens (tertiary/aromatic N) is 4. The van der Waals surface area contributed by atoms with Crippen molar-refractivity contribution in [2.45, 2.75) is 91.0 Å². The summed E-state index contributed by atoms with van der Waals surface area (Å²) in [4.78, 5) is 14.1. The fourth-order valence-electron chi connectivity index (χ4n) is 6.69. The first-order valence-corrected chi connectivity index (χ1v) is 13.9. The molecule has 0 unspecified atom stereocenters. The number of fused-ring (bicyclic) bond motifs is 2. The largest absolute Gasteiger partial charge is 0.346 e. The van der Waals surface area contributed by atoms with Crippen LogP contribution in [0.3, 0.4) is 0 Å². The van der Waals surface area contributed by atoms with E-state index in [2.05, 4.69) is 60.8 Å². The average molecular weight is 498 g/mol. The molecule has 1 saturated heterocycles. The predicted molar refractivity (Wildman–Crippen MR) is 147 cm³/mol. The zero-order valence-electron chi connectivity index (χ0n) is 21.6. The lowest BCUT2D eigenvalue weighted by Crippen LogP contribution is -2.35. The Kier molecular flexibility index (Phi) is 6.51. The van der Waals surface area contributed by atoms with Gasteiger partial charge in [0.1, 0.15) is 11.2 Å². The van der Waals surface area contributed by atoms with Crippen LogP contribution < -0.4 is 0 Å². The van der Waals surface area contributed by atoms with Crippen molar-refractivity contribution in [1.82, 2.24) is 24.5 Å². The van der Waals surface area contributed by atoms with E-state index < -0.39 is 0 Å². The second-order valence-corrected chi connectivity index (χ2v) is 12.0. The minimum absolute atomic E-state index is 0. The van der Waals surface area contributed by atoms with Crippen LogP contribution >= 0.6 is 11.3 Å². The highest BCUT2D eigenvalue weighted by Crippen LogP contribution is 2.47. The molecule has 0 radical (unpaired) electrons. The van der Waals surface area contributed by atoms with Crippen LogP contribution in [0.25, 0.3) is 27.1 Å². The van der Waals surface area contributed by atoms with Gasteiger partial charge in [0.25, 0.3) is 0 Å². The first kappa shape index (κ1) is 24.4. The summed E-state index contributed by atoms with van der Waals surface area (Å²) < 4.78 is 1.92. The third kappa shape index (κ3) is 3.91. The van der Waals surface area contributed by atoms with Gasteiger partial charge in [0, 0.05) is 29.5 Å². The molecule has 7 heteroatoms. The van der Waals surface area contributed by atoms with Gasteiger partial charge in [-0.25, -0.2) is 9.50 Å². The van der Waals surface area contributed by atoms with E-state index in [4.69, 9.17) is 0 Å². The summed E-state index contributed by atoms with van der Waals surface area (Å²) in [7, 11) is 0. The maximum Gasteiger partial charge on any atom is 0.158 e. The van der Waals surface area contributed by atoms with E-state index in [0.717, 1.165) is 17.6 Å². The molecule has 35 heavy (non-hydrogen) atoms. The van der Waals surface area contributed by atoms with Crippen LogP contribution in [0, 0.1) is 20.8 Å². The highest BCUT2D eigenvalue weighted by Gasteiger charge is 2.31. The Morgan fingerprint density at radius 1 is 1.03 bits per heavy atom. The Bertz CT molecular complexity index is 1360. The summed E-state index contributed by atoms with van der Waals surface area (Å²) in [6.07, 6.45) is 12.0. The van der Waals surface area contributed by atoms with Gasteiger partial charge in [-0.15, -0.1) is 11.3 Å². The second-order valence-electron chi connectivity index (χ2n) is 10.9. The summed E-state index contributed by atoms with van der Waals surface area (Å²) in [5, 5.41) is 5.92. The second kappa shape index (κ2) is 9.32. The van der Waals surface area contributed by atoms with E-state index in [1.165, 1.54) is 95.3 Å². The number of halogens is 1. The number of hydrogen-bond acceptors (Lipinski definition) is 4. The van der Waals surface area contributed by atoms with Gasteiger partial charge >= 0.3 is 0 Å². The summed E-state index contributed by atoms with van der Waals surface area (Å²) in [6, 6.07) is 0.833. The van der Waals surface area contributed by atoms with Crippen molar-refractivity contribution in [3.05, 3.63) is 39.7 Å². The SMILES string of the molecule is Cc1c(-c2[nH]c3sc(C4CCC(N5CCCC5)CC4)c(C)c3c2C(C)C)cn2ncnc2c1C.F.[HH]. The fourth-order valence-corrected chi connectivity index (χ4v) is 8.09. The normalized spacial score (nSPS) is 21.4. The average Bonchev–Trinajstić information content (AvgIpc) is 3.61. The van der Waals surface area contributed by atoms with Crippen LogP contribution in [-0.2, 0) is 0 Å². The van der Waals surface area contributed by atoms with E-state index in [9.17, 15) is 0 Å². The quantitative estimate of drug-likeness (QED) is 0.317. The molecular weight excluding hydrogens is 457 g/mol. The lowest BCUT2D eigenvalue weighted by atomic mass is 9.83. The molecule has 2 aliphatic rings. The Labute approximate surface area is 212 Å². The number of aromatic nitrogens is 4. The number of H-pyrrole nitrogens is 1. The van der Waals surface area contributed by atoms with Crippen LogP contribution in [0.5, 0.6) is 0 Å². The third-order valence-corrected chi connectivity index (χ3v) is 10.0. The molecule has 0 aromatic carbocycles. The van der Waals surface area contributed by atoms with Crippen molar-refractivity contribution in [3.63, 3.8) is 0 Å². The zero-order chi connectivity index (χ0) is 23.6. The molecule has 2 fully saturated rings. The predicted octanol–water partition coefficient (Wildman–Crippen LogP) is 7.51. The number of aryl methyl sites for hydroxylation is 2. The molecular formula is C28H40FN5S. The van der Waals surface area contributed by atoms with Gasteiger partial charge in [-0.3, -0.25) is 4.70 Å². The molecule has 6 rings (SSSR count). The van der Waals surface area contributed by atoms with E-state index in [0.29, 0.717) is 5.92 Å². The monoisotopic (exact) mass is 497 g/mol. The summed E-state index contributed by atoms with van der Waals surface area (Å²) >= 11 is 2.02. The summed E-state index contributed by atoms with van der Waals surface area (Å²) in [6.45, 7) is 14.1. The van der Waals surface area contributed by atoms with Gasteiger partial charge in [-0.2, -0.15) is 5.10 Å². The Morgan fingerprint density at radius 3 is 2.43 bits per heavy atom. The third-order valence-electron chi connectivity index (χ3n) is 8.66. The van der Waals surface area contributed by atoms with Gasteiger partial charge < -0.3 is 9.88 Å². The highest BCUT2D eigenvalue weighted by molar-refractivity contribution is 7.19. The number of rotatable bonds is 4. The van der Waals surface area contributed by atoms with Crippen LogP contribution in [0.15, 0.2) is 12.5 Å². The number of aromatic amines is 1. The van der Waals surface area contributed by atoms with Crippen LogP contribution in [-0.4, -0.2) is 43.6 Å². The first-order valence-electron chi connectivity index (χ1n) is 13.1. The van der Waals surface area contributed by atoms with Gasteiger partial charge in [0.05, 0.1) is 5.69 Å². The first-order chi connectivity index (χ1) is 16.4. The molecule has 0 amide bonds. The maximum atomic E-state index is 4.45. The van der Waals surface area contributed by atoms with E-state index in [-0.39, 0.29) is 6.13 Å². The van der Waals surface area contributed by atoms with Gasteiger partial charge in [-0.1, -0.05) is 13.8 Å².